The Morgan fingerprint density at radius 1 is 1.54 bits per heavy atom. The molecule has 0 bridgehead atoms. The van der Waals surface area contributed by atoms with E-state index >= 15 is 0 Å². The van der Waals surface area contributed by atoms with Crippen molar-refractivity contribution < 1.29 is 0 Å². The zero-order valence-electron chi connectivity index (χ0n) is 8.22. The molecule has 4 heteroatoms. The van der Waals surface area contributed by atoms with Gasteiger partial charge in [-0.3, -0.25) is 0 Å². The third-order valence-corrected chi connectivity index (χ3v) is 3.10. The Kier molecular flexibility index (Phi) is 4.00. The lowest BCUT2D eigenvalue weighted by Crippen LogP contribution is -2.05. The predicted molar refractivity (Wildman–Crippen MR) is 60.0 cm³/mol. The minimum absolute atomic E-state index is 0.231. The molecule has 0 spiro atoms. The number of nitrogens with zero attached hydrogens (tertiary/aromatic N) is 1. The van der Waals surface area contributed by atoms with E-state index in [2.05, 4.69) is 17.2 Å². The van der Waals surface area contributed by atoms with Crippen LogP contribution in [0.3, 0.4) is 0 Å². The van der Waals surface area contributed by atoms with E-state index in [1.54, 1.807) is 11.3 Å². The van der Waals surface area contributed by atoms with Gasteiger partial charge in [0.2, 0.25) is 0 Å². The molecule has 2 nitrogen and oxygen atoms in total. The third-order valence-electron chi connectivity index (χ3n) is 1.85. The second kappa shape index (κ2) is 4.82. The molecule has 1 aromatic rings. The van der Waals surface area contributed by atoms with Crippen molar-refractivity contribution in [2.45, 2.75) is 32.6 Å². The molecule has 1 atom stereocenters. The molecule has 0 aromatic carbocycles. The number of nitrogens with one attached hydrogen (secondary N) is 1. The van der Waals surface area contributed by atoms with Crippen LogP contribution < -0.4 is 5.32 Å². The molecule has 1 unspecified atom stereocenters. The van der Waals surface area contributed by atoms with Crippen LogP contribution in [0.2, 0.25) is 0 Å². The van der Waals surface area contributed by atoms with Crippen LogP contribution in [0, 0.1) is 13.8 Å². The molecule has 74 valence electrons. The van der Waals surface area contributed by atoms with Crippen LogP contribution in [0.4, 0.5) is 5.13 Å². The highest BCUT2D eigenvalue weighted by molar-refractivity contribution is 7.15. The summed E-state index contributed by atoms with van der Waals surface area (Å²) in [4.78, 5) is 5.65. The largest absolute Gasteiger partial charge is 0.361 e. The van der Waals surface area contributed by atoms with Gasteiger partial charge in [0, 0.05) is 16.8 Å². The number of alkyl halides is 1. The van der Waals surface area contributed by atoms with Gasteiger partial charge in [-0.25, -0.2) is 4.98 Å². The molecule has 1 aromatic heterocycles. The lowest BCUT2D eigenvalue weighted by molar-refractivity contribution is 0.841. The van der Waals surface area contributed by atoms with E-state index in [1.807, 2.05) is 13.8 Å². The minimum Gasteiger partial charge on any atom is -0.361 e. The average Bonchev–Trinajstić information content (AvgIpc) is 2.30. The van der Waals surface area contributed by atoms with Gasteiger partial charge in [-0.2, -0.15) is 0 Å². The van der Waals surface area contributed by atoms with Gasteiger partial charge >= 0.3 is 0 Å². The summed E-state index contributed by atoms with van der Waals surface area (Å²) >= 11 is 7.52. The first-order valence-corrected chi connectivity index (χ1v) is 5.67. The Morgan fingerprint density at radius 3 is 2.69 bits per heavy atom. The number of aromatic nitrogens is 1. The number of thiazole rings is 1. The number of aryl methyl sites for hydroxylation is 2. The molecule has 0 amide bonds. The second-order valence-electron chi connectivity index (χ2n) is 3.16. The Hall–Kier alpha value is -0.280. The van der Waals surface area contributed by atoms with E-state index in [-0.39, 0.29) is 5.38 Å². The zero-order valence-corrected chi connectivity index (χ0v) is 9.80. The highest BCUT2D eigenvalue weighted by atomic mass is 35.5. The van der Waals surface area contributed by atoms with Crippen LogP contribution >= 0.6 is 22.9 Å². The zero-order chi connectivity index (χ0) is 9.84. The van der Waals surface area contributed by atoms with Crippen LogP contribution in [0.25, 0.3) is 0 Å². The molecule has 1 heterocycles. The summed E-state index contributed by atoms with van der Waals surface area (Å²) in [5.74, 6) is 0. The standard InChI is InChI=1S/C9H15ClN2S/c1-6(10)4-5-11-9-12-7(2)8(3)13-9/h6H,4-5H2,1-3H3,(H,11,12). The molecule has 0 saturated carbocycles. The maximum atomic E-state index is 5.82. The fourth-order valence-electron chi connectivity index (χ4n) is 0.926. The van der Waals surface area contributed by atoms with Crippen LogP contribution in [-0.4, -0.2) is 16.9 Å². The molecule has 13 heavy (non-hydrogen) atoms. The summed E-state index contributed by atoms with van der Waals surface area (Å²) in [6.45, 7) is 7.02. The molecule has 0 fully saturated rings. The van der Waals surface area contributed by atoms with Crippen molar-refractivity contribution in [3.05, 3.63) is 10.6 Å². The van der Waals surface area contributed by atoms with Crippen molar-refractivity contribution in [2.24, 2.45) is 0 Å². The van der Waals surface area contributed by atoms with E-state index in [0.717, 1.165) is 23.8 Å². The molecule has 0 aliphatic heterocycles. The van der Waals surface area contributed by atoms with E-state index in [9.17, 15) is 0 Å². The number of anilines is 1. The quantitative estimate of drug-likeness (QED) is 0.786. The number of hydrogen-bond acceptors (Lipinski definition) is 3. The van der Waals surface area contributed by atoms with Gasteiger partial charge in [0.25, 0.3) is 0 Å². The van der Waals surface area contributed by atoms with Gasteiger partial charge in [0.1, 0.15) is 0 Å². The van der Waals surface area contributed by atoms with Gasteiger partial charge in [-0.15, -0.1) is 22.9 Å². The summed E-state index contributed by atoms with van der Waals surface area (Å²) in [5, 5.41) is 4.50. The van der Waals surface area contributed by atoms with Crippen LogP contribution in [0.5, 0.6) is 0 Å². The first-order valence-electron chi connectivity index (χ1n) is 4.41. The topological polar surface area (TPSA) is 24.9 Å². The molecule has 0 aliphatic rings. The predicted octanol–water partition coefficient (Wildman–Crippen LogP) is 3.19. The van der Waals surface area contributed by atoms with Crippen LogP contribution in [0.1, 0.15) is 23.9 Å². The third kappa shape index (κ3) is 3.53. The number of rotatable bonds is 4. The highest BCUT2D eigenvalue weighted by Crippen LogP contribution is 2.20. The monoisotopic (exact) mass is 218 g/mol. The molecule has 0 radical (unpaired) electrons. The van der Waals surface area contributed by atoms with Gasteiger partial charge in [-0.05, 0) is 27.2 Å². The maximum absolute atomic E-state index is 5.82. The van der Waals surface area contributed by atoms with Crippen molar-refractivity contribution in [3.63, 3.8) is 0 Å². The Morgan fingerprint density at radius 2 is 2.23 bits per heavy atom. The van der Waals surface area contributed by atoms with Crippen molar-refractivity contribution >= 4 is 28.1 Å². The molecule has 0 aliphatic carbocycles. The van der Waals surface area contributed by atoms with Crippen molar-refractivity contribution in [3.8, 4) is 0 Å². The van der Waals surface area contributed by atoms with Crippen molar-refractivity contribution in [1.29, 1.82) is 0 Å². The number of hydrogen-bond donors (Lipinski definition) is 1. The Bertz CT molecular complexity index is 251. The van der Waals surface area contributed by atoms with E-state index in [0.29, 0.717) is 0 Å². The maximum Gasteiger partial charge on any atom is 0.183 e. The minimum atomic E-state index is 0.231. The van der Waals surface area contributed by atoms with Crippen LogP contribution in [0.15, 0.2) is 0 Å². The lowest BCUT2D eigenvalue weighted by atomic mass is 10.3. The summed E-state index contributed by atoms with van der Waals surface area (Å²) in [7, 11) is 0. The van der Waals surface area contributed by atoms with Gasteiger partial charge < -0.3 is 5.32 Å². The first-order chi connectivity index (χ1) is 6.09. The summed E-state index contributed by atoms with van der Waals surface area (Å²) < 4.78 is 0. The smallest absolute Gasteiger partial charge is 0.183 e. The van der Waals surface area contributed by atoms with E-state index < -0.39 is 0 Å². The van der Waals surface area contributed by atoms with Crippen molar-refractivity contribution in [1.82, 2.24) is 4.98 Å². The molecular weight excluding hydrogens is 204 g/mol. The highest BCUT2D eigenvalue weighted by Gasteiger charge is 2.02. The van der Waals surface area contributed by atoms with Gasteiger partial charge in [0.15, 0.2) is 5.13 Å². The average molecular weight is 219 g/mol. The lowest BCUT2D eigenvalue weighted by Gasteiger charge is -2.02. The first kappa shape index (κ1) is 10.8. The van der Waals surface area contributed by atoms with Crippen molar-refractivity contribution in [2.75, 3.05) is 11.9 Å². The van der Waals surface area contributed by atoms with Crippen LogP contribution in [-0.2, 0) is 0 Å². The summed E-state index contributed by atoms with van der Waals surface area (Å²) in [5.41, 5.74) is 1.12. The summed E-state index contributed by atoms with van der Waals surface area (Å²) in [6, 6.07) is 0. The SMILES string of the molecule is Cc1nc(NCCC(C)Cl)sc1C. The van der Waals surface area contributed by atoms with E-state index in [1.165, 1.54) is 4.88 Å². The number of halogens is 1. The van der Waals surface area contributed by atoms with E-state index in [4.69, 9.17) is 11.6 Å². The second-order valence-corrected chi connectivity index (χ2v) is 5.11. The van der Waals surface area contributed by atoms with Gasteiger partial charge in [-0.1, -0.05) is 0 Å². The Labute approximate surface area is 88.3 Å². The summed E-state index contributed by atoms with van der Waals surface area (Å²) in [6.07, 6.45) is 0.971. The fourth-order valence-corrected chi connectivity index (χ4v) is 1.88. The fraction of sp³-hybridized carbons (Fsp3) is 0.667. The molecule has 0 saturated heterocycles. The molecule has 1 rings (SSSR count). The molecule has 1 N–H and O–H groups in total. The Balaban J connectivity index is 2.37. The molecular formula is C9H15ClN2S. The normalized spacial score (nSPS) is 12.9. The van der Waals surface area contributed by atoms with Gasteiger partial charge in [0.05, 0.1) is 5.69 Å².